The number of hydrogen-bond donors (Lipinski definition) is 2. The molecule has 0 spiro atoms. The third-order valence-corrected chi connectivity index (χ3v) is 7.13. The zero-order valence-electron chi connectivity index (χ0n) is 10.8. The predicted molar refractivity (Wildman–Crippen MR) is 84.7 cm³/mol. The zero-order chi connectivity index (χ0) is 13.7. The third-order valence-electron chi connectivity index (χ3n) is 2.85. The Morgan fingerprint density at radius 1 is 1.26 bits per heavy atom. The van der Waals surface area contributed by atoms with E-state index in [2.05, 4.69) is 10.0 Å². The summed E-state index contributed by atoms with van der Waals surface area (Å²) in [7, 11) is -1.92. The van der Waals surface area contributed by atoms with Crippen LogP contribution in [0.5, 0.6) is 0 Å². The van der Waals surface area contributed by atoms with Crippen molar-refractivity contribution in [3.05, 3.63) is 24.3 Å². The summed E-state index contributed by atoms with van der Waals surface area (Å²) in [4.78, 5) is 0.295. The molecule has 0 saturated carbocycles. The van der Waals surface area contributed by atoms with Crippen molar-refractivity contribution < 1.29 is 8.42 Å². The first-order chi connectivity index (χ1) is 9.12. The van der Waals surface area contributed by atoms with Gasteiger partial charge < -0.3 is 5.32 Å². The van der Waals surface area contributed by atoms with E-state index < -0.39 is 10.0 Å². The van der Waals surface area contributed by atoms with Gasteiger partial charge in [-0.1, -0.05) is 0 Å². The predicted octanol–water partition coefficient (Wildman–Crippen LogP) is 1.86. The lowest BCUT2D eigenvalue weighted by molar-refractivity contribution is 0.588. The van der Waals surface area contributed by atoms with Crippen LogP contribution < -0.4 is 10.0 Å². The van der Waals surface area contributed by atoms with E-state index >= 15 is 0 Å². The van der Waals surface area contributed by atoms with Gasteiger partial charge in [-0.2, -0.15) is 23.5 Å². The molecule has 1 saturated heterocycles. The highest BCUT2D eigenvalue weighted by atomic mass is 32.2. The minimum Gasteiger partial charge on any atom is -0.384 e. The zero-order valence-corrected chi connectivity index (χ0v) is 13.2. The van der Waals surface area contributed by atoms with Crippen LogP contribution in [0.2, 0.25) is 0 Å². The molecule has 4 nitrogen and oxygen atoms in total. The van der Waals surface area contributed by atoms with E-state index in [-0.39, 0.29) is 0 Å². The average molecular weight is 318 g/mol. The molecule has 0 aliphatic carbocycles. The van der Waals surface area contributed by atoms with Gasteiger partial charge in [0, 0.05) is 34.7 Å². The van der Waals surface area contributed by atoms with Crippen LogP contribution in [0.25, 0.3) is 0 Å². The van der Waals surface area contributed by atoms with E-state index in [1.54, 1.807) is 12.1 Å². The van der Waals surface area contributed by atoms with Crippen molar-refractivity contribution in [2.75, 3.05) is 36.2 Å². The maximum Gasteiger partial charge on any atom is 0.240 e. The van der Waals surface area contributed by atoms with Gasteiger partial charge in [0.25, 0.3) is 0 Å². The largest absolute Gasteiger partial charge is 0.384 e. The molecule has 106 valence electrons. The average Bonchev–Trinajstić information content (AvgIpc) is 2.47. The molecule has 1 aromatic rings. The summed E-state index contributed by atoms with van der Waals surface area (Å²) in [5.41, 5.74) is 0.964. The highest BCUT2D eigenvalue weighted by Crippen LogP contribution is 2.24. The minimum absolute atomic E-state index is 0.295. The Bertz CT molecular complexity index is 496. The molecule has 1 aromatic carbocycles. The summed E-state index contributed by atoms with van der Waals surface area (Å²) in [6.07, 6.45) is 0. The van der Waals surface area contributed by atoms with Crippen LogP contribution in [0.1, 0.15) is 0 Å². The molecule has 1 unspecified atom stereocenters. The van der Waals surface area contributed by atoms with Crippen molar-refractivity contribution in [3.8, 4) is 0 Å². The Labute approximate surface area is 123 Å². The van der Waals surface area contributed by atoms with Crippen molar-refractivity contribution in [2.24, 2.45) is 0 Å². The summed E-state index contributed by atoms with van der Waals surface area (Å²) in [6.45, 7) is 0.926. The summed E-state index contributed by atoms with van der Waals surface area (Å²) in [5.74, 6) is 3.65. The molecule has 2 N–H and O–H groups in total. The lowest BCUT2D eigenvalue weighted by atomic mass is 10.3. The van der Waals surface area contributed by atoms with Crippen LogP contribution in [0, 0.1) is 0 Å². The molecule has 0 bridgehead atoms. The topological polar surface area (TPSA) is 58.2 Å². The number of sulfonamides is 1. The molecule has 1 fully saturated rings. The lowest BCUT2D eigenvalue weighted by Gasteiger charge is -2.21. The molecular weight excluding hydrogens is 300 g/mol. The van der Waals surface area contributed by atoms with E-state index in [0.29, 0.717) is 10.1 Å². The Morgan fingerprint density at radius 3 is 2.58 bits per heavy atom. The van der Waals surface area contributed by atoms with E-state index in [4.69, 9.17) is 0 Å². The molecule has 1 aliphatic heterocycles. The number of thioether (sulfide) groups is 2. The number of benzene rings is 1. The fourth-order valence-corrected chi connectivity index (χ4v) is 5.10. The van der Waals surface area contributed by atoms with E-state index in [1.807, 2.05) is 35.7 Å². The molecule has 0 aromatic heterocycles. The number of anilines is 1. The molecule has 1 heterocycles. The van der Waals surface area contributed by atoms with Crippen molar-refractivity contribution in [1.82, 2.24) is 4.72 Å². The van der Waals surface area contributed by atoms with Crippen molar-refractivity contribution in [1.29, 1.82) is 0 Å². The van der Waals surface area contributed by atoms with Crippen molar-refractivity contribution in [3.63, 3.8) is 0 Å². The fourth-order valence-electron chi connectivity index (χ4n) is 1.76. The van der Waals surface area contributed by atoms with Crippen molar-refractivity contribution >= 4 is 39.2 Å². The van der Waals surface area contributed by atoms with Gasteiger partial charge in [-0.15, -0.1) is 0 Å². The Morgan fingerprint density at radius 2 is 2.00 bits per heavy atom. The summed E-state index contributed by atoms with van der Waals surface area (Å²) in [5, 5.41) is 4.00. The molecule has 7 heteroatoms. The maximum absolute atomic E-state index is 11.6. The van der Waals surface area contributed by atoms with Gasteiger partial charge in [-0.3, -0.25) is 0 Å². The first-order valence-corrected chi connectivity index (χ1v) is 9.77. The molecule has 1 aliphatic rings. The monoisotopic (exact) mass is 318 g/mol. The minimum atomic E-state index is -3.34. The van der Waals surface area contributed by atoms with Gasteiger partial charge in [0.1, 0.15) is 0 Å². The summed E-state index contributed by atoms with van der Waals surface area (Å²) >= 11 is 4.00. The second-order valence-corrected chi connectivity index (χ2v) is 8.63. The Balaban J connectivity index is 1.91. The van der Waals surface area contributed by atoms with Gasteiger partial charge in [-0.25, -0.2) is 13.1 Å². The van der Waals surface area contributed by atoms with Gasteiger partial charge in [0.05, 0.1) is 4.90 Å². The number of hydrogen-bond acceptors (Lipinski definition) is 5. The smallest absolute Gasteiger partial charge is 0.240 e. The molecule has 1 atom stereocenters. The standard InChI is InChI=1S/C12H18N2O2S3/c1-13-19(15,16)12-4-2-10(3-5-12)14-8-11-9-17-6-7-18-11/h2-5,11,13-14H,6-9H2,1H3. The quantitative estimate of drug-likeness (QED) is 0.868. The maximum atomic E-state index is 11.6. The van der Waals surface area contributed by atoms with E-state index in [9.17, 15) is 8.42 Å². The van der Waals surface area contributed by atoms with Crippen LogP contribution in [0.4, 0.5) is 5.69 Å². The second-order valence-electron chi connectivity index (χ2n) is 4.18. The molecule has 19 heavy (non-hydrogen) atoms. The summed E-state index contributed by atoms with van der Waals surface area (Å²) in [6, 6.07) is 6.86. The van der Waals surface area contributed by atoms with E-state index in [0.717, 1.165) is 12.2 Å². The molecule has 0 radical (unpaired) electrons. The Kier molecular flexibility index (Phi) is 5.44. The van der Waals surface area contributed by atoms with Crippen LogP contribution in [-0.4, -0.2) is 44.5 Å². The van der Waals surface area contributed by atoms with Gasteiger partial charge in [0.2, 0.25) is 10.0 Å². The van der Waals surface area contributed by atoms with Crippen LogP contribution in [0.3, 0.4) is 0 Å². The molecular formula is C12H18N2O2S3. The Hall–Kier alpha value is -0.370. The fraction of sp³-hybridized carbons (Fsp3) is 0.500. The first-order valence-electron chi connectivity index (χ1n) is 6.08. The van der Waals surface area contributed by atoms with Crippen LogP contribution in [-0.2, 0) is 10.0 Å². The lowest BCUT2D eigenvalue weighted by Crippen LogP contribution is -2.23. The number of rotatable bonds is 5. The highest BCUT2D eigenvalue weighted by molar-refractivity contribution is 8.06. The first kappa shape index (κ1) is 15.0. The third kappa shape index (κ3) is 4.30. The second kappa shape index (κ2) is 6.88. The van der Waals surface area contributed by atoms with Gasteiger partial charge in [-0.05, 0) is 31.3 Å². The van der Waals surface area contributed by atoms with Gasteiger partial charge in [0.15, 0.2) is 0 Å². The van der Waals surface area contributed by atoms with Crippen LogP contribution in [0.15, 0.2) is 29.2 Å². The normalized spacial score (nSPS) is 20.2. The molecule has 0 amide bonds. The molecule has 2 rings (SSSR count). The number of nitrogens with one attached hydrogen (secondary N) is 2. The highest BCUT2D eigenvalue weighted by Gasteiger charge is 2.14. The van der Waals surface area contributed by atoms with E-state index in [1.165, 1.54) is 24.3 Å². The van der Waals surface area contributed by atoms with Crippen molar-refractivity contribution in [2.45, 2.75) is 10.1 Å². The SMILES string of the molecule is CNS(=O)(=O)c1ccc(NCC2CSCCS2)cc1. The van der Waals surface area contributed by atoms with Crippen LogP contribution >= 0.6 is 23.5 Å². The summed E-state index contributed by atoms with van der Waals surface area (Å²) < 4.78 is 25.5. The van der Waals surface area contributed by atoms with Gasteiger partial charge >= 0.3 is 0 Å².